The average Bonchev–Trinajstić information content (AvgIpc) is 3.32. The van der Waals surface area contributed by atoms with Crippen LogP contribution in [-0.4, -0.2) is 57.0 Å². The lowest BCUT2D eigenvalue weighted by molar-refractivity contribution is -0.0000115. The Morgan fingerprint density at radius 1 is 0.886 bits per heavy atom. The Morgan fingerprint density at radius 3 is 2.29 bits per heavy atom. The van der Waals surface area contributed by atoms with E-state index in [1.807, 2.05) is 53.4 Å². The largest absolute Gasteiger partial charge is 1.00 e. The van der Waals surface area contributed by atoms with E-state index in [0.29, 0.717) is 18.9 Å². The summed E-state index contributed by atoms with van der Waals surface area (Å²) in [5.41, 5.74) is 1.85. The first-order chi connectivity index (χ1) is 16.5. The van der Waals surface area contributed by atoms with Gasteiger partial charge in [-0.1, -0.05) is 36.4 Å². The van der Waals surface area contributed by atoms with E-state index in [9.17, 15) is 12.8 Å². The molecule has 10 heteroatoms. The molecule has 1 fully saturated rings. The molecule has 0 aliphatic carbocycles. The molecule has 184 valence electrons. The standard InChI is InChI=1S/C25H24FN3O4S.ClH/c26-21-7-9-22(10-8-21)34(30,31)27-25(20-4-2-1-3-5-20)29-14-12-28(13-15-29)17-19-6-11-23-24(16-19)33-18-32-23;/h1-11,16H,12-15,17-18H2;1H/p-1/b27-25-;. The van der Waals surface area contributed by atoms with Crippen molar-refractivity contribution >= 4 is 15.9 Å². The number of ether oxygens (including phenoxy) is 2. The van der Waals surface area contributed by atoms with Crippen LogP contribution < -0.4 is 21.9 Å². The minimum Gasteiger partial charge on any atom is -1.00 e. The zero-order chi connectivity index (χ0) is 23.5. The minimum atomic E-state index is -4.00. The number of hydrogen-bond donors (Lipinski definition) is 0. The van der Waals surface area contributed by atoms with E-state index in [-0.39, 0.29) is 24.1 Å². The van der Waals surface area contributed by atoms with Crippen LogP contribution in [0.15, 0.2) is 82.1 Å². The van der Waals surface area contributed by atoms with E-state index in [4.69, 9.17) is 9.47 Å². The molecule has 0 N–H and O–H groups in total. The predicted molar refractivity (Wildman–Crippen MR) is 126 cm³/mol. The van der Waals surface area contributed by atoms with Gasteiger partial charge in [-0.15, -0.1) is 4.40 Å². The lowest BCUT2D eigenvalue weighted by Gasteiger charge is -2.36. The molecule has 2 aliphatic heterocycles. The lowest BCUT2D eigenvalue weighted by atomic mass is 10.1. The van der Waals surface area contributed by atoms with Crippen LogP contribution in [0.25, 0.3) is 0 Å². The fraction of sp³-hybridized carbons (Fsp3) is 0.240. The van der Waals surface area contributed by atoms with Gasteiger partial charge >= 0.3 is 0 Å². The molecule has 5 rings (SSSR count). The van der Waals surface area contributed by atoms with Crippen molar-refractivity contribution in [3.05, 3.63) is 89.7 Å². The van der Waals surface area contributed by atoms with Gasteiger partial charge in [0.15, 0.2) is 11.5 Å². The van der Waals surface area contributed by atoms with Gasteiger partial charge < -0.3 is 26.8 Å². The second-order valence-electron chi connectivity index (χ2n) is 8.16. The molecule has 35 heavy (non-hydrogen) atoms. The quantitative estimate of drug-likeness (QED) is 0.363. The highest BCUT2D eigenvalue weighted by Crippen LogP contribution is 2.33. The van der Waals surface area contributed by atoms with Crippen LogP contribution >= 0.6 is 0 Å². The lowest BCUT2D eigenvalue weighted by Crippen LogP contribution is -3.00. The van der Waals surface area contributed by atoms with Gasteiger partial charge in [0.05, 0.1) is 4.90 Å². The second kappa shape index (κ2) is 10.6. The van der Waals surface area contributed by atoms with E-state index in [2.05, 4.69) is 9.30 Å². The van der Waals surface area contributed by atoms with Crippen molar-refractivity contribution in [3.63, 3.8) is 0 Å². The molecule has 3 aromatic carbocycles. The van der Waals surface area contributed by atoms with Crippen molar-refractivity contribution in [1.82, 2.24) is 9.80 Å². The zero-order valence-corrected chi connectivity index (χ0v) is 20.4. The van der Waals surface area contributed by atoms with Gasteiger partial charge in [0.1, 0.15) is 11.7 Å². The molecule has 2 aliphatic rings. The highest BCUT2D eigenvalue weighted by molar-refractivity contribution is 7.90. The molecule has 3 aromatic rings. The van der Waals surface area contributed by atoms with Crippen LogP contribution in [0.3, 0.4) is 0 Å². The normalized spacial score (nSPS) is 16.1. The average molecular weight is 517 g/mol. The minimum absolute atomic E-state index is 0. The van der Waals surface area contributed by atoms with Gasteiger partial charge in [-0.25, -0.2) is 4.39 Å². The maximum atomic E-state index is 13.3. The van der Waals surface area contributed by atoms with Crippen LogP contribution in [0, 0.1) is 5.82 Å². The third-order valence-corrected chi connectivity index (χ3v) is 7.15. The molecular weight excluding hydrogens is 493 g/mol. The summed E-state index contributed by atoms with van der Waals surface area (Å²) in [4.78, 5) is 4.27. The summed E-state index contributed by atoms with van der Waals surface area (Å²) >= 11 is 0. The Balaban J connectivity index is 0.00000289. The third kappa shape index (κ3) is 5.75. The van der Waals surface area contributed by atoms with Gasteiger partial charge in [-0.2, -0.15) is 8.42 Å². The summed E-state index contributed by atoms with van der Waals surface area (Å²) in [5.74, 6) is 1.43. The molecule has 0 bridgehead atoms. The maximum absolute atomic E-state index is 13.3. The molecule has 0 unspecified atom stereocenters. The van der Waals surface area contributed by atoms with Crippen LogP contribution in [0.2, 0.25) is 0 Å². The zero-order valence-electron chi connectivity index (χ0n) is 18.8. The molecular formula is C25H24ClFN3O4S-. The predicted octanol–water partition coefficient (Wildman–Crippen LogP) is 0.512. The highest BCUT2D eigenvalue weighted by Gasteiger charge is 2.24. The number of hydrogen-bond acceptors (Lipinski definition) is 5. The summed E-state index contributed by atoms with van der Waals surface area (Å²) in [6.45, 7) is 3.75. The van der Waals surface area contributed by atoms with Crippen LogP contribution in [0.4, 0.5) is 4.39 Å². The summed E-state index contributed by atoms with van der Waals surface area (Å²) < 4.78 is 54.3. The van der Waals surface area contributed by atoms with Gasteiger partial charge in [0, 0.05) is 38.3 Å². The van der Waals surface area contributed by atoms with E-state index in [1.54, 1.807) is 0 Å². The molecule has 0 spiro atoms. The monoisotopic (exact) mass is 516 g/mol. The number of amidine groups is 1. The van der Waals surface area contributed by atoms with Crippen molar-refractivity contribution < 1.29 is 34.7 Å². The van der Waals surface area contributed by atoms with Crippen LogP contribution in [0.1, 0.15) is 11.1 Å². The van der Waals surface area contributed by atoms with Gasteiger partial charge in [-0.05, 0) is 42.0 Å². The number of rotatable bonds is 5. The Hall–Kier alpha value is -3.14. The SMILES string of the molecule is O=S(=O)(/N=C(/c1ccccc1)N1CCN(Cc2ccc3c(c2)OCO3)CC1)c1ccc(F)cc1.[Cl-]. The highest BCUT2D eigenvalue weighted by atomic mass is 35.5. The van der Waals surface area contributed by atoms with Gasteiger partial charge in [-0.3, -0.25) is 4.90 Å². The Kier molecular flexibility index (Phi) is 7.59. The number of nitrogens with zero attached hydrogens (tertiary/aromatic N) is 3. The Morgan fingerprint density at radius 2 is 1.57 bits per heavy atom. The fourth-order valence-electron chi connectivity index (χ4n) is 4.07. The van der Waals surface area contributed by atoms with Gasteiger partial charge in [0.25, 0.3) is 10.0 Å². The number of halogens is 2. The summed E-state index contributed by atoms with van der Waals surface area (Å²) in [5, 5.41) is 0. The molecule has 0 atom stereocenters. The van der Waals surface area contributed by atoms with Crippen molar-refractivity contribution in [2.24, 2.45) is 4.40 Å². The second-order valence-corrected chi connectivity index (χ2v) is 9.76. The fourth-order valence-corrected chi connectivity index (χ4v) is 5.10. The number of piperazine rings is 1. The van der Waals surface area contributed by atoms with E-state index >= 15 is 0 Å². The first kappa shape index (κ1) is 25.0. The molecule has 0 aromatic heterocycles. The Labute approximate surface area is 210 Å². The van der Waals surface area contributed by atoms with E-state index in [0.717, 1.165) is 54.4 Å². The summed E-state index contributed by atoms with van der Waals surface area (Å²) in [6.07, 6.45) is 0. The first-order valence-electron chi connectivity index (χ1n) is 11.0. The number of benzene rings is 3. The Bertz CT molecular complexity index is 1300. The maximum Gasteiger partial charge on any atom is 0.284 e. The van der Waals surface area contributed by atoms with Crippen molar-refractivity contribution in [3.8, 4) is 11.5 Å². The molecule has 0 amide bonds. The van der Waals surface area contributed by atoms with Crippen LogP contribution in [-0.2, 0) is 16.6 Å². The summed E-state index contributed by atoms with van der Waals surface area (Å²) in [7, 11) is -4.00. The van der Waals surface area contributed by atoms with E-state index < -0.39 is 15.8 Å². The van der Waals surface area contributed by atoms with Gasteiger partial charge in [0.2, 0.25) is 6.79 Å². The van der Waals surface area contributed by atoms with Crippen LogP contribution in [0.5, 0.6) is 11.5 Å². The first-order valence-corrected chi connectivity index (χ1v) is 12.4. The van der Waals surface area contributed by atoms with Crippen molar-refractivity contribution in [2.75, 3.05) is 33.0 Å². The molecule has 0 radical (unpaired) electrons. The third-order valence-electron chi connectivity index (χ3n) is 5.87. The molecule has 7 nitrogen and oxygen atoms in total. The summed E-state index contributed by atoms with van der Waals surface area (Å²) in [6, 6.07) is 20.0. The number of sulfonamides is 1. The van der Waals surface area contributed by atoms with E-state index in [1.165, 1.54) is 12.1 Å². The van der Waals surface area contributed by atoms with Crippen molar-refractivity contribution in [1.29, 1.82) is 0 Å². The molecule has 2 heterocycles. The number of fused-ring (bicyclic) bond motifs is 1. The van der Waals surface area contributed by atoms with Crippen molar-refractivity contribution in [2.45, 2.75) is 11.4 Å². The molecule has 0 saturated carbocycles. The smallest absolute Gasteiger partial charge is 0.284 e. The topological polar surface area (TPSA) is 71.4 Å². The molecule has 1 saturated heterocycles.